The highest BCUT2D eigenvalue weighted by Gasteiger charge is 2.04. The number of rotatable bonds is 4. The molecule has 0 aromatic heterocycles. The van der Waals surface area contributed by atoms with E-state index in [2.05, 4.69) is 0 Å². The van der Waals surface area contributed by atoms with Crippen LogP contribution in [0.1, 0.15) is 18.0 Å². The van der Waals surface area contributed by atoms with Gasteiger partial charge in [0, 0.05) is 24.8 Å². The van der Waals surface area contributed by atoms with Gasteiger partial charge in [0.2, 0.25) is 0 Å². The van der Waals surface area contributed by atoms with Crippen molar-refractivity contribution in [2.45, 2.75) is 12.5 Å². The van der Waals surface area contributed by atoms with E-state index >= 15 is 0 Å². The van der Waals surface area contributed by atoms with Crippen molar-refractivity contribution < 1.29 is 4.74 Å². The maximum atomic E-state index is 5.91. The van der Waals surface area contributed by atoms with Crippen molar-refractivity contribution in [3.8, 4) is 0 Å². The molecular formula is C10H15Cl2NO. The fraction of sp³-hybridized carbons (Fsp3) is 0.400. The van der Waals surface area contributed by atoms with Crippen LogP contribution in [0, 0.1) is 0 Å². The molecule has 1 rings (SSSR count). The first-order valence-corrected chi connectivity index (χ1v) is 4.62. The van der Waals surface area contributed by atoms with Crippen molar-refractivity contribution >= 4 is 24.0 Å². The Morgan fingerprint density at radius 2 is 1.93 bits per heavy atom. The SMILES string of the molecule is COCCC(N)c1ccc(Cl)cc1.Cl. The molecule has 0 aliphatic carbocycles. The van der Waals surface area contributed by atoms with Gasteiger partial charge in [0.1, 0.15) is 0 Å². The zero-order chi connectivity index (χ0) is 9.68. The van der Waals surface area contributed by atoms with Crippen LogP contribution in [0.3, 0.4) is 0 Å². The summed E-state index contributed by atoms with van der Waals surface area (Å²) in [7, 11) is 1.68. The molecule has 1 unspecified atom stereocenters. The third-order valence-corrected chi connectivity index (χ3v) is 2.18. The zero-order valence-electron chi connectivity index (χ0n) is 8.07. The van der Waals surface area contributed by atoms with Gasteiger partial charge in [0.05, 0.1) is 0 Å². The summed E-state index contributed by atoms with van der Waals surface area (Å²) in [5.74, 6) is 0. The van der Waals surface area contributed by atoms with Crippen LogP contribution in [-0.4, -0.2) is 13.7 Å². The Morgan fingerprint density at radius 1 is 1.36 bits per heavy atom. The second-order valence-electron chi connectivity index (χ2n) is 2.94. The Hall–Kier alpha value is -0.280. The minimum absolute atomic E-state index is 0. The van der Waals surface area contributed by atoms with Gasteiger partial charge in [-0.1, -0.05) is 23.7 Å². The maximum absolute atomic E-state index is 5.91. The third kappa shape index (κ3) is 4.29. The largest absolute Gasteiger partial charge is 0.385 e. The average molecular weight is 236 g/mol. The quantitative estimate of drug-likeness (QED) is 0.872. The van der Waals surface area contributed by atoms with Gasteiger partial charge in [-0.05, 0) is 24.1 Å². The molecule has 2 N–H and O–H groups in total. The highest BCUT2D eigenvalue weighted by Crippen LogP contribution is 2.16. The summed E-state index contributed by atoms with van der Waals surface area (Å²) in [6.07, 6.45) is 0.831. The van der Waals surface area contributed by atoms with E-state index in [0.29, 0.717) is 6.61 Å². The summed E-state index contributed by atoms with van der Waals surface area (Å²) < 4.78 is 4.95. The lowest BCUT2D eigenvalue weighted by atomic mass is 10.1. The minimum Gasteiger partial charge on any atom is -0.385 e. The molecule has 0 amide bonds. The molecule has 0 aliphatic rings. The molecule has 0 aliphatic heterocycles. The standard InChI is InChI=1S/C10H14ClNO.ClH/c1-13-7-6-10(12)8-2-4-9(11)5-3-8;/h2-5,10H,6-7,12H2,1H3;1H. The Labute approximate surface area is 95.8 Å². The number of hydrogen-bond acceptors (Lipinski definition) is 2. The van der Waals surface area contributed by atoms with Gasteiger partial charge in [-0.2, -0.15) is 0 Å². The van der Waals surface area contributed by atoms with Gasteiger partial charge in [-0.3, -0.25) is 0 Å². The fourth-order valence-electron chi connectivity index (χ4n) is 1.12. The maximum Gasteiger partial charge on any atom is 0.0480 e. The van der Waals surface area contributed by atoms with Crippen molar-refractivity contribution in [2.75, 3.05) is 13.7 Å². The van der Waals surface area contributed by atoms with Gasteiger partial charge < -0.3 is 10.5 Å². The molecule has 0 spiro atoms. The molecule has 0 heterocycles. The first-order valence-electron chi connectivity index (χ1n) is 4.24. The lowest BCUT2D eigenvalue weighted by Gasteiger charge is -2.10. The molecule has 1 aromatic rings. The predicted molar refractivity (Wildman–Crippen MR) is 62.1 cm³/mol. The van der Waals surface area contributed by atoms with Crippen molar-refractivity contribution in [2.24, 2.45) is 5.73 Å². The molecule has 2 nitrogen and oxygen atoms in total. The molecule has 1 aromatic carbocycles. The first-order chi connectivity index (χ1) is 6.24. The molecular weight excluding hydrogens is 221 g/mol. The fourth-order valence-corrected chi connectivity index (χ4v) is 1.25. The van der Waals surface area contributed by atoms with E-state index in [4.69, 9.17) is 22.1 Å². The Bertz CT molecular complexity index is 251. The summed E-state index contributed by atoms with van der Waals surface area (Å²) >= 11 is 5.76. The van der Waals surface area contributed by atoms with Gasteiger partial charge in [-0.25, -0.2) is 0 Å². The average Bonchev–Trinajstić information content (AvgIpc) is 2.15. The number of hydrogen-bond donors (Lipinski definition) is 1. The summed E-state index contributed by atoms with van der Waals surface area (Å²) in [6.45, 7) is 0.684. The molecule has 4 heteroatoms. The van der Waals surface area contributed by atoms with E-state index in [1.807, 2.05) is 24.3 Å². The Balaban J connectivity index is 0.00000169. The Kier molecular flexibility index (Phi) is 6.93. The molecule has 0 bridgehead atoms. The van der Waals surface area contributed by atoms with Gasteiger partial charge in [0.25, 0.3) is 0 Å². The second-order valence-corrected chi connectivity index (χ2v) is 3.38. The summed E-state index contributed by atoms with van der Waals surface area (Å²) in [5.41, 5.74) is 7.01. The molecule has 0 radical (unpaired) electrons. The van der Waals surface area contributed by atoms with E-state index in [1.165, 1.54) is 0 Å². The molecule has 1 atom stereocenters. The molecule has 0 saturated heterocycles. The van der Waals surface area contributed by atoms with E-state index in [1.54, 1.807) is 7.11 Å². The molecule has 0 saturated carbocycles. The van der Waals surface area contributed by atoms with E-state index < -0.39 is 0 Å². The van der Waals surface area contributed by atoms with Gasteiger partial charge in [0.15, 0.2) is 0 Å². The number of methoxy groups -OCH3 is 1. The normalized spacial score (nSPS) is 11.9. The van der Waals surface area contributed by atoms with Crippen LogP contribution in [0.4, 0.5) is 0 Å². The minimum atomic E-state index is 0. The number of ether oxygens (including phenoxy) is 1. The van der Waals surface area contributed by atoms with Crippen LogP contribution in [0.5, 0.6) is 0 Å². The first kappa shape index (κ1) is 13.7. The van der Waals surface area contributed by atoms with Crippen molar-refractivity contribution in [3.63, 3.8) is 0 Å². The summed E-state index contributed by atoms with van der Waals surface area (Å²) in [4.78, 5) is 0. The van der Waals surface area contributed by atoms with Crippen LogP contribution in [0.15, 0.2) is 24.3 Å². The summed E-state index contributed by atoms with van der Waals surface area (Å²) in [5, 5.41) is 0.739. The van der Waals surface area contributed by atoms with E-state index in [-0.39, 0.29) is 18.4 Å². The smallest absolute Gasteiger partial charge is 0.0480 e. The van der Waals surface area contributed by atoms with E-state index in [0.717, 1.165) is 17.0 Å². The van der Waals surface area contributed by atoms with Gasteiger partial charge >= 0.3 is 0 Å². The summed E-state index contributed by atoms with van der Waals surface area (Å²) in [6, 6.07) is 7.63. The van der Waals surface area contributed by atoms with E-state index in [9.17, 15) is 0 Å². The van der Waals surface area contributed by atoms with Gasteiger partial charge in [-0.15, -0.1) is 12.4 Å². The van der Waals surface area contributed by atoms with Crippen LogP contribution in [-0.2, 0) is 4.74 Å². The van der Waals surface area contributed by atoms with Crippen LogP contribution < -0.4 is 5.73 Å². The van der Waals surface area contributed by atoms with Crippen LogP contribution in [0.2, 0.25) is 5.02 Å². The van der Waals surface area contributed by atoms with Crippen molar-refractivity contribution in [1.82, 2.24) is 0 Å². The topological polar surface area (TPSA) is 35.2 Å². The van der Waals surface area contributed by atoms with Crippen LogP contribution in [0.25, 0.3) is 0 Å². The lowest BCUT2D eigenvalue weighted by molar-refractivity contribution is 0.188. The molecule has 80 valence electrons. The predicted octanol–water partition coefficient (Wildman–Crippen LogP) is 2.80. The zero-order valence-corrected chi connectivity index (χ0v) is 9.65. The second kappa shape index (κ2) is 7.07. The monoisotopic (exact) mass is 235 g/mol. The highest BCUT2D eigenvalue weighted by atomic mass is 35.5. The van der Waals surface area contributed by atoms with Crippen LogP contribution >= 0.6 is 24.0 Å². The molecule has 14 heavy (non-hydrogen) atoms. The highest BCUT2D eigenvalue weighted by molar-refractivity contribution is 6.30. The third-order valence-electron chi connectivity index (χ3n) is 1.93. The Morgan fingerprint density at radius 3 is 2.43 bits per heavy atom. The number of benzene rings is 1. The lowest BCUT2D eigenvalue weighted by Crippen LogP contribution is -2.12. The number of halogens is 2. The molecule has 0 fully saturated rings. The van der Waals surface area contributed by atoms with Crippen molar-refractivity contribution in [1.29, 1.82) is 0 Å². The number of nitrogens with two attached hydrogens (primary N) is 1. The van der Waals surface area contributed by atoms with Crippen molar-refractivity contribution in [3.05, 3.63) is 34.9 Å².